The lowest BCUT2D eigenvalue weighted by Crippen LogP contribution is -2.10. The second kappa shape index (κ2) is 18.8. The normalized spacial score (nSPS) is 12.7. The molecule has 4 nitrogen and oxygen atoms in total. The van der Waals surface area contributed by atoms with Gasteiger partial charge in [-0.2, -0.15) is 0 Å². The number of hydrogen-bond acceptors (Lipinski definition) is 4. The molecule has 318 valence electrons. The SMILES string of the molecule is CCC(CC(CC(C)C)c1ccc(-c2ccc(N(c3ccc(C)cc3)c3ccc(C)cc3)cc2)cc1)c1ccc(-c2ccc(-c3nnc(-c4ccc(C(C)(C)C)cc4)o3)cc2)cc1. The van der Waals surface area contributed by atoms with Crippen LogP contribution in [0.15, 0.2) is 174 Å². The predicted octanol–water partition coefficient (Wildman–Crippen LogP) is 16.8. The van der Waals surface area contributed by atoms with Crippen molar-refractivity contribution in [1.82, 2.24) is 10.2 Å². The Kier molecular flexibility index (Phi) is 12.9. The summed E-state index contributed by atoms with van der Waals surface area (Å²) in [6.45, 7) is 17.9. The highest BCUT2D eigenvalue weighted by atomic mass is 16.4. The van der Waals surface area contributed by atoms with E-state index in [0.717, 1.165) is 53.0 Å². The van der Waals surface area contributed by atoms with E-state index in [1.165, 1.54) is 44.5 Å². The zero-order chi connectivity index (χ0) is 44.1. The number of hydrogen-bond donors (Lipinski definition) is 0. The number of benzene rings is 7. The van der Waals surface area contributed by atoms with Crippen LogP contribution in [0.25, 0.3) is 45.2 Å². The van der Waals surface area contributed by atoms with Crippen LogP contribution in [0, 0.1) is 19.8 Å². The minimum atomic E-state index is 0.0925. The van der Waals surface area contributed by atoms with E-state index in [0.29, 0.717) is 29.5 Å². The molecule has 0 aliphatic heterocycles. The smallest absolute Gasteiger partial charge is 0.248 e. The van der Waals surface area contributed by atoms with Gasteiger partial charge >= 0.3 is 0 Å². The van der Waals surface area contributed by atoms with E-state index in [1.54, 1.807) is 0 Å². The number of aryl methyl sites for hydroxylation is 2. The van der Waals surface area contributed by atoms with Gasteiger partial charge in [0.1, 0.15) is 0 Å². The lowest BCUT2D eigenvalue weighted by Gasteiger charge is -2.26. The summed E-state index contributed by atoms with van der Waals surface area (Å²) in [5, 5.41) is 8.72. The summed E-state index contributed by atoms with van der Waals surface area (Å²) in [5.74, 6) is 2.61. The summed E-state index contributed by atoms with van der Waals surface area (Å²) in [6.07, 6.45) is 3.38. The highest BCUT2D eigenvalue weighted by molar-refractivity contribution is 5.78. The zero-order valence-electron chi connectivity index (χ0n) is 38.3. The van der Waals surface area contributed by atoms with Crippen molar-refractivity contribution < 1.29 is 4.42 Å². The third kappa shape index (κ3) is 10.2. The first kappa shape index (κ1) is 43.1. The van der Waals surface area contributed by atoms with Gasteiger partial charge in [0.25, 0.3) is 0 Å². The first-order valence-corrected chi connectivity index (χ1v) is 22.7. The lowest BCUT2D eigenvalue weighted by molar-refractivity contribution is 0.436. The van der Waals surface area contributed by atoms with Crippen LogP contribution in [0.3, 0.4) is 0 Å². The molecule has 63 heavy (non-hydrogen) atoms. The van der Waals surface area contributed by atoms with Crippen molar-refractivity contribution in [3.8, 4) is 45.2 Å². The van der Waals surface area contributed by atoms with Crippen LogP contribution in [-0.4, -0.2) is 10.2 Å². The van der Waals surface area contributed by atoms with E-state index < -0.39 is 0 Å². The summed E-state index contributed by atoms with van der Waals surface area (Å²) in [5.41, 5.74) is 16.8. The van der Waals surface area contributed by atoms with Crippen molar-refractivity contribution in [1.29, 1.82) is 0 Å². The van der Waals surface area contributed by atoms with E-state index in [9.17, 15) is 0 Å². The van der Waals surface area contributed by atoms with Crippen molar-refractivity contribution >= 4 is 17.1 Å². The summed E-state index contributed by atoms with van der Waals surface area (Å²) in [6, 6.07) is 62.0. The average Bonchev–Trinajstić information content (AvgIpc) is 3.80. The molecule has 8 aromatic rings. The molecule has 8 rings (SSSR count). The van der Waals surface area contributed by atoms with Crippen molar-refractivity contribution in [2.24, 2.45) is 5.92 Å². The van der Waals surface area contributed by atoms with Gasteiger partial charge in [-0.05, 0) is 156 Å². The third-order valence-electron chi connectivity index (χ3n) is 12.5. The van der Waals surface area contributed by atoms with Gasteiger partial charge in [-0.25, -0.2) is 0 Å². The van der Waals surface area contributed by atoms with Crippen LogP contribution in [-0.2, 0) is 5.41 Å². The van der Waals surface area contributed by atoms with E-state index in [4.69, 9.17) is 4.42 Å². The molecule has 0 radical (unpaired) electrons. The molecule has 0 aliphatic rings. The van der Waals surface area contributed by atoms with Crippen molar-refractivity contribution in [2.75, 3.05) is 4.90 Å². The molecule has 0 amide bonds. The van der Waals surface area contributed by atoms with Gasteiger partial charge in [0.2, 0.25) is 11.8 Å². The van der Waals surface area contributed by atoms with Gasteiger partial charge in [-0.15, -0.1) is 10.2 Å². The molecule has 0 aliphatic carbocycles. The molecule has 0 spiro atoms. The topological polar surface area (TPSA) is 42.2 Å². The van der Waals surface area contributed by atoms with Gasteiger partial charge in [0, 0.05) is 28.2 Å². The Morgan fingerprint density at radius 2 is 0.794 bits per heavy atom. The first-order valence-electron chi connectivity index (χ1n) is 22.7. The van der Waals surface area contributed by atoms with E-state index in [2.05, 4.69) is 240 Å². The fraction of sp³-hybridized carbons (Fsp3) is 0.254. The maximum absolute atomic E-state index is 6.11. The Hall–Kier alpha value is -6.52. The summed E-state index contributed by atoms with van der Waals surface area (Å²) < 4.78 is 6.11. The highest BCUT2D eigenvalue weighted by Gasteiger charge is 2.21. The van der Waals surface area contributed by atoms with Crippen molar-refractivity contribution in [3.63, 3.8) is 0 Å². The number of anilines is 3. The Morgan fingerprint density at radius 3 is 1.19 bits per heavy atom. The third-order valence-corrected chi connectivity index (χ3v) is 12.5. The Morgan fingerprint density at radius 1 is 0.444 bits per heavy atom. The highest BCUT2D eigenvalue weighted by Crippen LogP contribution is 2.39. The molecule has 2 unspecified atom stereocenters. The van der Waals surface area contributed by atoms with Gasteiger partial charge in [-0.3, -0.25) is 0 Å². The average molecular weight is 828 g/mol. The molecular formula is C59H61N3O. The molecular weight excluding hydrogens is 767 g/mol. The van der Waals surface area contributed by atoms with Gasteiger partial charge in [0.05, 0.1) is 0 Å². The fourth-order valence-corrected chi connectivity index (χ4v) is 8.73. The van der Waals surface area contributed by atoms with E-state index >= 15 is 0 Å². The predicted molar refractivity (Wildman–Crippen MR) is 265 cm³/mol. The van der Waals surface area contributed by atoms with Crippen LogP contribution < -0.4 is 4.90 Å². The largest absolute Gasteiger partial charge is 0.416 e. The number of rotatable bonds is 14. The lowest BCUT2D eigenvalue weighted by atomic mass is 9.79. The molecule has 0 N–H and O–H groups in total. The maximum Gasteiger partial charge on any atom is 0.248 e. The Labute approximate surface area is 375 Å². The van der Waals surface area contributed by atoms with Crippen LogP contribution in [0.5, 0.6) is 0 Å². The molecule has 0 bridgehead atoms. The van der Waals surface area contributed by atoms with Crippen LogP contribution >= 0.6 is 0 Å². The second-order valence-corrected chi connectivity index (χ2v) is 18.8. The Balaban J connectivity index is 0.938. The monoisotopic (exact) mass is 827 g/mol. The minimum absolute atomic E-state index is 0.0925. The van der Waals surface area contributed by atoms with Gasteiger partial charge < -0.3 is 9.32 Å². The molecule has 2 atom stereocenters. The number of nitrogens with zero attached hydrogens (tertiary/aromatic N) is 3. The van der Waals surface area contributed by atoms with Crippen LogP contribution in [0.1, 0.15) is 100 Å². The summed E-state index contributed by atoms with van der Waals surface area (Å²) >= 11 is 0. The zero-order valence-corrected chi connectivity index (χ0v) is 38.3. The molecule has 7 aromatic carbocycles. The quantitative estimate of drug-likeness (QED) is 0.109. The Bertz CT molecular complexity index is 2640. The first-order chi connectivity index (χ1) is 30.4. The van der Waals surface area contributed by atoms with E-state index in [-0.39, 0.29) is 5.41 Å². The minimum Gasteiger partial charge on any atom is -0.416 e. The van der Waals surface area contributed by atoms with Gasteiger partial charge in [0.15, 0.2) is 0 Å². The number of aromatic nitrogens is 2. The molecule has 1 heterocycles. The fourth-order valence-electron chi connectivity index (χ4n) is 8.73. The van der Waals surface area contributed by atoms with Gasteiger partial charge in [-0.1, -0.05) is 162 Å². The van der Waals surface area contributed by atoms with Crippen LogP contribution in [0.2, 0.25) is 0 Å². The second-order valence-electron chi connectivity index (χ2n) is 18.8. The molecule has 4 heteroatoms. The van der Waals surface area contributed by atoms with Crippen molar-refractivity contribution in [3.05, 3.63) is 198 Å². The van der Waals surface area contributed by atoms with E-state index in [1.807, 2.05) is 0 Å². The molecule has 0 saturated heterocycles. The molecule has 0 saturated carbocycles. The maximum atomic E-state index is 6.11. The van der Waals surface area contributed by atoms with Crippen LogP contribution in [0.4, 0.5) is 17.1 Å². The molecule has 0 fully saturated rings. The summed E-state index contributed by atoms with van der Waals surface area (Å²) in [4.78, 5) is 2.33. The molecule has 1 aromatic heterocycles. The standard InChI is InChI=1S/C59H61N3O/c1-9-43(44-14-16-45(17-15-44)47-22-24-50(25-23-47)57-60-61-58(63-57)51-26-30-53(31-27-51)59(6,7)8)39-52(38-40(2)3)49-20-18-46(19-21-49)48-28-36-56(37-29-48)62(54-32-10-41(4)11-33-54)55-34-12-42(5)13-35-55/h10-37,40,43,52H,9,38-39H2,1-8H3. The summed E-state index contributed by atoms with van der Waals surface area (Å²) in [7, 11) is 0. The van der Waals surface area contributed by atoms with Crippen molar-refractivity contribution in [2.45, 2.75) is 91.9 Å².